The number of aromatic carboxylic acids is 1. The molecule has 2 rings (SSSR count). The molecule has 0 aliphatic heterocycles. The number of carbonyl (C=O) groups excluding carboxylic acids is 1. The molecule has 1 aromatic carbocycles. The van der Waals surface area contributed by atoms with Crippen molar-refractivity contribution in [3.8, 4) is 11.1 Å². The van der Waals surface area contributed by atoms with Gasteiger partial charge in [-0.3, -0.25) is 4.98 Å². The van der Waals surface area contributed by atoms with E-state index < -0.39 is 11.9 Å². The molecule has 1 heterocycles. The first kappa shape index (κ1) is 12.8. The Morgan fingerprint density at radius 1 is 1.26 bits per heavy atom. The van der Waals surface area contributed by atoms with Gasteiger partial charge in [0.1, 0.15) is 0 Å². The summed E-state index contributed by atoms with van der Waals surface area (Å²) in [4.78, 5) is 26.6. The Balaban J connectivity index is 2.61. The summed E-state index contributed by atoms with van der Waals surface area (Å²) < 4.78 is 4.63. The maximum Gasteiger partial charge on any atom is 0.337 e. The number of aromatic nitrogens is 1. The summed E-state index contributed by atoms with van der Waals surface area (Å²) in [5, 5.41) is 9.18. The lowest BCUT2D eigenvalue weighted by Gasteiger charge is -2.08. The highest BCUT2D eigenvalue weighted by atomic mass is 16.5. The first-order valence-corrected chi connectivity index (χ1v) is 5.49. The van der Waals surface area contributed by atoms with Crippen LogP contribution in [0.25, 0.3) is 11.1 Å². The Bertz CT molecular complexity index is 623. The van der Waals surface area contributed by atoms with E-state index in [0.717, 1.165) is 0 Å². The van der Waals surface area contributed by atoms with E-state index in [1.54, 1.807) is 24.5 Å². The largest absolute Gasteiger partial charge is 0.478 e. The number of pyridine rings is 1. The first-order chi connectivity index (χ1) is 9.13. The molecule has 0 aliphatic rings. The van der Waals surface area contributed by atoms with Crippen LogP contribution in [-0.2, 0) is 4.74 Å². The van der Waals surface area contributed by atoms with Gasteiger partial charge >= 0.3 is 11.9 Å². The third-order valence-electron chi connectivity index (χ3n) is 2.64. The van der Waals surface area contributed by atoms with E-state index in [2.05, 4.69) is 9.72 Å². The van der Waals surface area contributed by atoms with Crippen LogP contribution in [0.15, 0.2) is 42.7 Å². The third-order valence-corrected chi connectivity index (χ3v) is 2.64. The second-order valence-electron chi connectivity index (χ2n) is 3.80. The van der Waals surface area contributed by atoms with Gasteiger partial charge in [-0.2, -0.15) is 0 Å². The van der Waals surface area contributed by atoms with Crippen LogP contribution < -0.4 is 0 Å². The van der Waals surface area contributed by atoms with Crippen LogP contribution in [0, 0.1) is 0 Å². The van der Waals surface area contributed by atoms with E-state index in [-0.39, 0.29) is 5.56 Å². The third kappa shape index (κ3) is 2.60. The molecule has 5 heteroatoms. The van der Waals surface area contributed by atoms with Gasteiger partial charge in [-0.15, -0.1) is 0 Å². The van der Waals surface area contributed by atoms with Crippen LogP contribution in [0.2, 0.25) is 0 Å². The van der Waals surface area contributed by atoms with E-state index in [1.807, 2.05) is 0 Å². The molecule has 0 bridgehead atoms. The Morgan fingerprint density at radius 3 is 2.63 bits per heavy atom. The Morgan fingerprint density at radius 2 is 2.05 bits per heavy atom. The molecule has 0 saturated heterocycles. The van der Waals surface area contributed by atoms with Crippen molar-refractivity contribution in [3.63, 3.8) is 0 Å². The zero-order valence-corrected chi connectivity index (χ0v) is 10.2. The topological polar surface area (TPSA) is 76.5 Å². The van der Waals surface area contributed by atoms with Gasteiger partial charge < -0.3 is 9.84 Å². The minimum Gasteiger partial charge on any atom is -0.478 e. The lowest BCUT2D eigenvalue weighted by Crippen LogP contribution is -2.05. The highest BCUT2D eigenvalue weighted by Gasteiger charge is 2.15. The first-order valence-electron chi connectivity index (χ1n) is 5.49. The molecule has 0 unspecified atom stereocenters. The lowest BCUT2D eigenvalue weighted by molar-refractivity contribution is 0.0598. The summed E-state index contributed by atoms with van der Waals surface area (Å²) in [7, 11) is 1.27. The van der Waals surface area contributed by atoms with Crippen molar-refractivity contribution in [1.82, 2.24) is 4.98 Å². The predicted molar refractivity (Wildman–Crippen MR) is 68.0 cm³/mol. The number of ether oxygens (including phenoxy) is 1. The number of benzene rings is 1. The lowest BCUT2D eigenvalue weighted by atomic mass is 9.98. The molecule has 0 saturated carbocycles. The van der Waals surface area contributed by atoms with E-state index in [0.29, 0.717) is 16.7 Å². The molecule has 0 fully saturated rings. The van der Waals surface area contributed by atoms with Crippen LogP contribution in [0.4, 0.5) is 0 Å². The second-order valence-corrected chi connectivity index (χ2v) is 3.80. The number of carboxylic acid groups (broad SMARTS) is 1. The highest BCUT2D eigenvalue weighted by Crippen LogP contribution is 2.24. The number of hydrogen-bond acceptors (Lipinski definition) is 4. The van der Waals surface area contributed by atoms with Crippen molar-refractivity contribution in [3.05, 3.63) is 53.9 Å². The zero-order chi connectivity index (χ0) is 13.8. The van der Waals surface area contributed by atoms with Crippen molar-refractivity contribution >= 4 is 11.9 Å². The summed E-state index contributed by atoms with van der Waals surface area (Å²) in [6.07, 6.45) is 3.14. The summed E-state index contributed by atoms with van der Waals surface area (Å²) in [5.41, 5.74) is 1.47. The smallest absolute Gasteiger partial charge is 0.337 e. The van der Waals surface area contributed by atoms with Crippen LogP contribution in [-0.4, -0.2) is 29.1 Å². The Labute approximate surface area is 109 Å². The Kier molecular flexibility index (Phi) is 3.56. The van der Waals surface area contributed by atoms with Gasteiger partial charge in [0.05, 0.1) is 18.2 Å². The molecular weight excluding hydrogens is 246 g/mol. The minimum atomic E-state index is -1.06. The van der Waals surface area contributed by atoms with Gasteiger partial charge in [0.2, 0.25) is 0 Å². The second kappa shape index (κ2) is 5.30. The quantitative estimate of drug-likeness (QED) is 0.853. The summed E-state index contributed by atoms with van der Waals surface area (Å²) in [6.45, 7) is 0. The average molecular weight is 257 g/mol. The molecular formula is C14H11NO4. The summed E-state index contributed by atoms with van der Waals surface area (Å²) in [6, 6.07) is 7.74. The normalized spacial score (nSPS) is 9.95. The molecule has 0 radical (unpaired) electrons. The minimum absolute atomic E-state index is 0.112. The maximum atomic E-state index is 11.5. The van der Waals surface area contributed by atoms with Crippen molar-refractivity contribution in [1.29, 1.82) is 0 Å². The molecule has 0 aliphatic carbocycles. The molecule has 2 aromatic rings. The standard InChI is InChI=1S/C14H11NO4/c1-19-14(18)9-4-5-11(13(16)17)12(7-9)10-3-2-6-15-8-10/h2-8H,1H3,(H,16,17). The molecule has 5 nitrogen and oxygen atoms in total. The van der Waals surface area contributed by atoms with Gasteiger partial charge in [0.15, 0.2) is 0 Å². The molecule has 0 amide bonds. The fourth-order valence-electron chi connectivity index (χ4n) is 1.74. The van der Waals surface area contributed by atoms with Gasteiger partial charge in [-0.25, -0.2) is 9.59 Å². The number of hydrogen-bond donors (Lipinski definition) is 1. The zero-order valence-electron chi connectivity index (χ0n) is 10.2. The number of carbonyl (C=O) groups is 2. The van der Waals surface area contributed by atoms with Crippen molar-refractivity contribution < 1.29 is 19.4 Å². The van der Waals surface area contributed by atoms with E-state index in [9.17, 15) is 14.7 Å². The molecule has 19 heavy (non-hydrogen) atoms. The molecule has 96 valence electrons. The molecule has 1 N–H and O–H groups in total. The van der Waals surface area contributed by atoms with Crippen molar-refractivity contribution in [2.75, 3.05) is 7.11 Å². The number of methoxy groups -OCH3 is 1. The van der Waals surface area contributed by atoms with Crippen LogP contribution >= 0.6 is 0 Å². The maximum absolute atomic E-state index is 11.5. The van der Waals surface area contributed by atoms with Crippen LogP contribution in [0.3, 0.4) is 0 Å². The van der Waals surface area contributed by atoms with Gasteiger partial charge in [0.25, 0.3) is 0 Å². The van der Waals surface area contributed by atoms with Crippen LogP contribution in [0.1, 0.15) is 20.7 Å². The molecule has 1 aromatic heterocycles. The summed E-state index contributed by atoms with van der Waals surface area (Å²) in [5.74, 6) is -1.57. The Hall–Kier alpha value is -2.69. The molecule has 0 atom stereocenters. The van der Waals surface area contributed by atoms with Crippen molar-refractivity contribution in [2.45, 2.75) is 0 Å². The average Bonchev–Trinajstić information content (AvgIpc) is 2.46. The van der Waals surface area contributed by atoms with E-state index in [1.165, 1.54) is 25.3 Å². The van der Waals surface area contributed by atoms with Crippen molar-refractivity contribution in [2.24, 2.45) is 0 Å². The number of nitrogens with zero attached hydrogens (tertiary/aromatic N) is 1. The summed E-state index contributed by atoms with van der Waals surface area (Å²) >= 11 is 0. The monoisotopic (exact) mass is 257 g/mol. The van der Waals surface area contributed by atoms with E-state index in [4.69, 9.17) is 0 Å². The van der Waals surface area contributed by atoms with Gasteiger partial charge in [-0.1, -0.05) is 6.07 Å². The number of rotatable bonds is 3. The van der Waals surface area contributed by atoms with Crippen LogP contribution in [0.5, 0.6) is 0 Å². The number of carboxylic acids is 1. The SMILES string of the molecule is COC(=O)c1ccc(C(=O)O)c(-c2cccnc2)c1. The highest BCUT2D eigenvalue weighted by molar-refractivity contribution is 5.99. The fourth-order valence-corrected chi connectivity index (χ4v) is 1.74. The van der Waals surface area contributed by atoms with Gasteiger partial charge in [-0.05, 0) is 29.8 Å². The number of esters is 1. The predicted octanol–water partition coefficient (Wildman–Crippen LogP) is 2.23. The molecule has 0 spiro atoms. The van der Waals surface area contributed by atoms with Gasteiger partial charge in [0, 0.05) is 18.0 Å². The fraction of sp³-hybridized carbons (Fsp3) is 0.0714. The van der Waals surface area contributed by atoms with E-state index >= 15 is 0 Å².